The van der Waals surface area contributed by atoms with Crippen molar-refractivity contribution in [1.29, 1.82) is 0 Å². The van der Waals surface area contributed by atoms with Crippen LogP contribution in [-0.4, -0.2) is 36.3 Å². The van der Waals surface area contributed by atoms with Gasteiger partial charge in [0.25, 0.3) is 5.91 Å². The second-order valence-corrected chi connectivity index (χ2v) is 4.46. The first kappa shape index (κ1) is 12.7. The zero-order chi connectivity index (χ0) is 13.0. The highest BCUT2D eigenvalue weighted by molar-refractivity contribution is 5.92. The minimum Gasteiger partial charge on any atom is -0.459 e. The van der Waals surface area contributed by atoms with Gasteiger partial charge in [0.2, 0.25) is 5.91 Å². The zero-order valence-electron chi connectivity index (χ0n) is 10.5. The lowest BCUT2D eigenvalue weighted by molar-refractivity contribution is -0.126. The van der Waals surface area contributed by atoms with Gasteiger partial charge in [0.05, 0.1) is 12.2 Å². The van der Waals surface area contributed by atoms with Crippen molar-refractivity contribution in [3.05, 3.63) is 24.2 Å². The molecule has 1 unspecified atom stereocenters. The molecule has 2 rings (SSSR count). The van der Waals surface area contributed by atoms with E-state index in [1.165, 1.54) is 6.26 Å². The molecule has 0 saturated carbocycles. The van der Waals surface area contributed by atoms with E-state index in [2.05, 4.69) is 5.32 Å². The molecule has 1 atom stereocenters. The maximum Gasteiger partial charge on any atom is 0.289 e. The van der Waals surface area contributed by atoms with Crippen LogP contribution < -0.4 is 5.32 Å². The molecular weight excluding hydrogens is 232 g/mol. The van der Waals surface area contributed by atoms with Gasteiger partial charge < -0.3 is 14.6 Å². The predicted octanol–water partition coefficient (Wildman–Crippen LogP) is 1.27. The van der Waals surface area contributed by atoms with Gasteiger partial charge in [-0.25, -0.2) is 0 Å². The van der Waals surface area contributed by atoms with E-state index in [0.29, 0.717) is 25.4 Å². The Morgan fingerprint density at radius 1 is 1.56 bits per heavy atom. The molecule has 5 nitrogen and oxygen atoms in total. The summed E-state index contributed by atoms with van der Waals surface area (Å²) in [5, 5.41) is 2.81. The van der Waals surface area contributed by atoms with Crippen molar-refractivity contribution in [3.8, 4) is 0 Å². The maximum atomic E-state index is 12.1. The fourth-order valence-electron chi connectivity index (χ4n) is 2.25. The van der Waals surface area contributed by atoms with Crippen LogP contribution >= 0.6 is 0 Å². The van der Waals surface area contributed by atoms with Crippen LogP contribution in [0.3, 0.4) is 0 Å². The molecule has 5 heteroatoms. The summed E-state index contributed by atoms with van der Waals surface area (Å²) in [6.07, 6.45) is 3.18. The highest BCUT2D eigenvalue weighted by atomic mass is 16.3. The van der Waals surface area contributed by atoms with Gasteiger partial charge in [0.1, 0.15) is 0 Å². The molecule has 2 heterocycles. The number of furan rings is 1. The van der Waals surface area contributed by atoms with Gasteiger partial charge in [-0.15, -0.1) is 0 Å². The van der Waals surface area contributed by atoms with Gasteiger partial charge >= 0.3 is 0 Å². The molecule has 1 saturated heterocycles. The smallest absolute Gasteiger partial charge is 0.289 e. The van der Waals surface area contributed by atoms with Crippen molar-refractivity contribution in [2.75, 3.05) is 19.6 Å². The average Bonchev–Trinajstić information content (AvgIpc) is 2.92. The van der Waals surface area contributed by atoms with E-state index in [1.54, 1.807) is 17.0 Å². The van der Waals surface area contributed by atoms with E-state index in [0.717, 1.165) is 12.8 Å². The van der Waals surface area contributed by atoms with E-state index < -0.39 is 0 Å². The number of hydrogen-bond acceptors (Lipinski definition) is 3. The van der Waals surface area contributed by atoms with E-state index >= 15 is 0 Å². The fraction of sp³-hybridized carbons (Fsp3) is 0.538. The molecule has 1 aliphatic rings. The van der Waals surface area contributed by atoms with Crippen molar-refractivity contribution in [1.82, 2.24) is 10.2 Å². The molecule has 0 aromatic carbocycles. The first-order valence-electron chi connectivity index (χ1n) is 6.33. The lowest BCUT2D eigenvalue weighted by Crippen LogP contribution is -2.45. The summed E-state index contributed by atoms with van der Waals surface area (Å²) in [6.45, 7) is 3.69. The highest BCUT2D eigenvalue weighted by Gasteiger charge is 2.29. The second-order valence-electron chi connectivity index (χ2n) is 4.46. The van der Waals surface area contributed by atoms with Crippen molar-refractivity contribution >= 4 is 11.8 Å². The topological polar surface area (TPSA) is 62.6 Å². The number of likely N-dealkylation sites (tertiary alicyclic amines) is 1. The van der Waals surface area contributed by atoms with Gasteiger partial charge in [0.15, 0.2) is 5.76 Å². The summed E-state index contributed by atoms with van der Waals surface area (Å²) in [5.74, 6) is 0.146. The van der Waals surface area contributed by atoms with Crippen LogP contribution in [0.15, 0.2) is 22.8 Å². The Morgan fingerprint density at radius 3 is 3.06 bits per heavy atom. The molecule has 1 fully saturated rings. The average molecular weight is 250 g/mol. The minimum absolute atomic E-state index is 0.0365. The summed E-state index contributed by atoms with van der Waals surface area (Å²) in [5.41, 5.74) is 0. The number of nitrogens with one attached hydrogen (secondary N) is 1. The van der Waals surface area contributed by atoms with Gasteiger partial charge in [-0.2, -0.15) is 0 Å². The molecule has 0 bridgehead atoms. The Morgan fingerprint density at radius 2 is 2.39 bits per heavy atom. The monoisotopic (exact) mass is 250 g/mol. The molecule has 98 valence electrons. The lowest BCUT2D eigenvalue weighted by atomic mass is 9.97. The Bertz CT molecular complexity index is 414. The number of hydrogen-bond donors (Lipinski definition) is 1. The molecule has 2 amide bonds. The summed E-state index contributed by atoms with van der Waals surface area (Å²) in [4.78, 5) is 25.6. The number of amides is 2. The van der Waals surface area contributed by atoms with Gasteiger partial charge in [-0.05, 0) is 31.9 Å². The number of piperidine rings is 1. The standard InChI is InChI=1S/C13H18N2O3/c1-2-14-12(16)10-5-3-7-15(9-10)13(17)11-6-4-8-18-11/h4,6,8,10H,2-3,5,7,9H2,1H3,(H,14,16). The number of carbonyl (C=O) groups excluding carboxylic acids is 2. The van der Waals surface area contributed by atoms with Gasteiger partial charge in [-0.3, -0.25) is 9.59 Å². The Hall–Kier alpha value is -1.78. The molecule has 0 aliphatic carbocycles. The molecule has 1 aromatic heterocycles. The van der Waals surface area contributed by atoms with E-state index in [9.17, 15) is 9.59 Å². The quantitative estimate of drug-likeness (QED) is 0.878. The number of nitrogens with zero attached hydrogens (tertiary/aromatic N) is 1. The van der Waals surface area contributed by atoms with Crippen molar-refractivity contribution in [2.24, 2.45) is 5.92 Å². The molecule has 1 aromatic rings. The third-order valence-corrected chi connectivity index (χ3v) is 3.16. The Labute approximate surface area is 106 Å². The third kappa shape index (κ3) is 2.72. The highest BCUT2D eigenvalue weighted by Crippen LogP contribution is 2.19. The van der Waals surface area contributed by atoms with Crippen molar-refractivity contribution < 1.29 is 14.0 Å². The van der Waals surface area contributed by atoms with Crippen LogP contribution in [-0.2, 0) is 4.79 Å². The van der Waals surface area contributed by atoms with Crippen molar-refractivity contribution in [2.45, 2.75) is 19.8 Å². The molecule has 1 aliphatic heterocycles. The normalized spacial score (nSPS) is 19.6. The first-order chi connectivity index (χ1) is 8.72. The van der Waals surface area contributed by atoms with Crippen molar-refractivity contribution in [3.63, 3.8) is 0 Å². The predicted molar refractivity (Wildman–Crippen MR) is 66.0 cm³/mol. The maximum absolute atomic E-state index is 12.1. The van der Waals surface area contributed by atoms with Crippen LogP contribution in [0.2, 0.25) is 0 Å². The fourth-order valence-corrected chi connectivity index (χ4v) is 2.25. The van der Waals surface area contributed by atoms with Gasteiger partial charge in [-0.1, -0.05) is 0 Å². The van der Waals surface area contributed by atoms with E-state index in [-0.39, 0.29) is 17.7 Å². The molecule has 0 radical (unpaired) electrons. The molecule has 1 N–H and O–H groups in total. The van der Waals surface area contributed by atoms with Crippen LogP contribution in [0.4, 0.5) is 0 Å². The zero-order valence-corrected chi connectivity index (χ0v) is 10.5. The molecule has 18 heavy (non-hydrogen) atoms. The number of rotatable bonds is 3. The lowest BCUT2D eigenvalue weighted by Gasteiger charge is -2.31. The van der Waals surface area contributed by atoms with E-state index in [1.807, 2.05) is 6.92 Å². The van der Waals surface area contributed by atoms with E-state index in [4.69, 9.17) is 4.42 Å². The minimum atomic E-state index is -0.131. The number of carbonyl (C=O) groups is 2. The first-order valence-corrected chi connectivity index (χ1v) is 6.33. The summed E-state index contributed by atoms with van der Waals surface area (Å²) in [7, 11) is 0. The summed E-state index contributed by atoms with van der Waals surface area (Å²) in [6, 6.07) is 3.34. The SMILES string of the molecule is CCNC(=O)C1CCCN(C(=O)c2ccco2)C1. The summed E-state index contributed by atoms with van der Waals surface area (Å²) < 4.78 is 5.10. The largest absolute Gasteiger partial charge is 0.459 e. The van der Waals surface area contributed by atoms with Crippen LogP contribution in [0, 0.1) is 5.92 Å². The van der Waals surface area contributed by atoms with Crippen LogP contribution in [0.5, 0.6) is 0 Å². The summed E-state index contributed by atoms with van der Waals surface area (Å²) >= 11 is 0. The Balaban J connectivity index is 1.98. The third-order valence-electron chi connectivity index (χ3n) is 3.16. The molecule has 0 spiro atoms. The van der Waals surface area contributed by atoms with Crippen LogP contribution in [0.25, 0.3) is 0 Å². The molecular formula is C13H18N2O3. The second kappa shape index (κ2) is 5.71. The van der Waals surface area contributed by atoms with Crippen LogP contribution in [0.1, 0.15) is 30.3 Å². The Kier molecular flexibility index (Phi) is 4.02. The van der Waals surface area contributed by atoms with Gasteiger partial charge in [0, 0.05) is 19.6 Å².